The van der Waals surface area contributed by atoms with Gasteiger partial charge in [0, 0.05) is 18.1 Å². The van der Waals surface area contributed by atoms with Crippen molar-refractivity contribution in [3.05, 3.63) is 43.9 Å². The van der Waals surface area contributed by atoms with Gasteiger partial charge < -0.3 is 0 Å². The first-order valence-electron chi connectivity index (χ1n) is 7.60. The molecule has 3 rings (SSSR count). The molecule has 1 amide bonds. The normalized spacial score (nSPS) is 14.7. The van der Waals surface area contributed by atoms with Crippen LogP contribution in [0.4, 0.5) is 10.8 Å². The third-order valence-corrected chi connectivity index (χ3v) is 5.21. The summed E-state index contributed by atoms with van der Waals surface area (Å²) in [6, 6.07) is 3.92. The average molecular weight is 367 g/mol. The molecule has 0 radical (unpaired) electrons. The molecular formula is C15H15ClN4O3S. The third kappa shape index (κ3) is 3.88. The first-order valence-corrected chi connectivity index (χ1v) is 8.80. The van der Waals surface area contributed by atoms with Gasteiger partial charge in [0.2, 0.25) is 5.13 Å². The molecular weight excluding hydrogens is 352 g/mol. The molecule has 0 unspecified atom stereocenters. The van der Waals surface area contributed by atoms with Crippen LogP contribution in [0, 0.1) is 16.0 Å². The highest BCUT2D eigenvalue weighted by molar-refractivity contribution is 7.15. The summed E-state index contributed by atoms with van der Waals surface area (Å²) in [6.45, 7) is 0. The maximum atomic E-state index is 12.2. The van der Waals surface area contributed by atoms with Gasteiger partial charge in [0.1, 0.15) is 10.0 Å². The number of halogens is 1. The Morgan fingerprint density at radius 1 is 1.38 bits per heavy atom. The van der Waals surface area contributed by atoms with Gasteiger partial charge in [0.05, 0.1) is 4.92 Å². The SMILES string of the molecule is O=C(Nc1nnc(CC2CCCC2)s1)c1ccc(Cl)c([N+](=O)[O-])c1. The summed E-state index contributed by atoms with van der Waals surface area (Å²) >= 11 is 7.09. The van der Waals surface area contributed by atoms with E-state index in [1.807, 2.05) is 0 Å². The number of hydrogen-bond donors (Lipinski definition) is 1. The van der Waals surface area contributed by atoms with Crippen molar-refractivity contribution in [3.8, 4) is 0 Å². The Kier molecular flexibility index (Phi) is 5.06. The van der Waals surface area contributed by atoms with E-state index in [2.05, 4.69) is 15.5 Å². The zero-order valence-electron chi connectivity index (χ0n) is 12.7. The topological polar surface area (TPSA) is 98.0 Å². The lowest BCUT2D eigenvalue weighted by atomic mass is 10.1. The van der Waals surface area contributed by atoms with Crippen molar-refractivity contribution in [2.24, 2.45) is 5.92 Å². The molecule has 0 aliphatic heterocycles. The van der Waals surface area contributed by atoms with Gasteiger partial charge >= 0.3 is 0 Å². The zero-order chi connectivity index (χ0) is 17.1. The monoisotopic (exact) mass is 366 g/mol. The number of hydrogen-bond acceptors (Lipinski definition) is 6. The van der Waals surface area contributed by atoms with E-state index in [0.29, 0.717) is 11.0 Å². The molecule has 1 aliphatic rings. The molecule has 0 saturated heterocycles. The van der Waals surface area contributed by atoms with E-state index in [1.165, 1.54) is 49.2 Å². The van der Waals surface area contributed by atoms with Gasteiger partial charge in [0.15, 0.2) is 0 Å². The van der Waals surface area contributed by atoms with E-state index in [0.717, 1.165) is 17.5 Å². The number of rotatable bonds is 5. The number of benzene rings is 1. The molecule has 24 heavy (non-hydrogen) atoms. The van der Waals surface area contributed by atoms with Gasteiger partial charge in [-0.2, -0.15) is 0 Å². The predicted molar refractivity (Wildman–Crippen MR) is 91.6 cm³/mol. The molecule has 7 nitrogen and oxygen atoms in total. The van der Waals surface area contributed by atoms with Crippen molar-refractivity contribution >= 4 is 39.7 Å². The zero-order valence-corrected chi connectivity index (χ0v) is 14.3. The minimum Gasteiger partial charge on any atom is -0.296 e. The van der Waals surface area contributed by atoms with Crippen molar-refractivity contribution < 1.29 is 9.72 Å². The Bertz CT molecular complexity index is 774. The highest BCUT2D eigenvalue weighted by atomic mass is 35.5. The number of carbonyl (C=O) groups is 1. The largest absolute Gasteiger partial charge is 0.296 e. The maximum absolute atomic E-state index is 12.2. The van der Waals surface area contributed by atoms with Gasteiger partial charge in [-0.3, -0.25) is 20.2 Å². The van der Waals surface area contributed by atoms with Crippen LogP contribution in [0.5, 0.6) is 0 Å². The van der Waals surface area contributed by atoms with E-state index >= 15 is 0 Å². The van der Waals surface area contributed by atoms with Crippen LogP contribution in [-0.2, 0) is 6.42 Å². The predicted octanol–water partition coefficient (Wildman–Crippen LogP) is 4.08. The van der Waals surface area contributed by atoms with Crippen molar-refractivity contribution in [3.63, 3.8) is 0 Å². The molecule has 1 aromatic heterocycles. The summed E-state index contributed by atoms with van der Waals surface area (Å²) in [5.74, 6) is 0.179. The molecule has 1 saturated carbocycles. The number of nitro benzene ring substituents is 1. The second-order valence-corrected chi connectivity index (χ2v) is 7.20. The molecule has 126 valence electrons. The Hall–Kier alpha value is -2.06. The summed E-state index contributed by atoms with van der Waals surface area (Å²) < 4.78 is 0. The molecule has 1 aliphatic carbocycles. The molecule has 1 N–H and O–H groups in total. The maximum Gasteiger partial charge on any atom is 0.288 e. The summed E-state index contributed by atoms with van der Waals surface area (Å²) in [5, 5.41) is 22.9. The minimum absolute atomic E-state index is 0.00804. The molecule has 0 bridgehead atoms. The fraction of sp³-hybridized carbons (Fsp3) is 0.400. The van der Waals surface area contributed by atoms with Gasteiger partial charge in [-0.1, -0.05) is 48.6 Å². The minimum atomic E-state index is -0.621. The van der Waals surface area contributed by atoms with Crippen LogP contribution in [0.25, 0.3) is 0 Å². The van der Waals surface area contributed by atoms with Gasteiger partial charge in [0.25, 0.3) is 11.6 Å². The van der Waals surface area contributed by atoms with Crippen LogP contribution in [0.1, 0.15) is 41.0 Å². The fourth-order valence-electron chi connectivity index (χ4n) is 2.81. The van der Waals surface area contributed by atoms with Crippen molar-refractivity contribution in [2.45, 2.75) is 32.1 Å². The number of carbonyl (C=O) groups excluding carboxylic acids is 1. The lowest BCUT2D eigenvalue weighted by Gasteiger charge is -2.04. The first kappa shape index (κ1) is 16.8. The van der Waals surface area contributed by atoms with Gasteiger partial charge in [-0.25, -0.2) is 0 Å². The van der Waals surface area contributed by atoms with Crippen LogP contribution in [0.3, 0.4) is 0 Å². The molecule has 1 fully saturated rings. The number of nitrogens with zero attached hydrogens (tertiary/aromatic N) is 3. The van der Waals surface area contributed by atoms with Crippen LogP contribution < -0.4 is 5.32 Å². The van der Waals surface area contributed by atoms with Crippen LogP contribution >= 0.6 is 22.9 Å². The van der Waals surface area contributed by atoms with Crippen molar-refractivity contribution in [1.82, 2.24) is 10.2 Å². The second-order valence-electron chi connectivity index (χ2n) is 5.73. The summed E-state index contributed by atoms with van der Waals surface area (Å²) in [4.78, 5) is 22.5. The van der Waals surface area contributed by atoms with Gasteiger partial charge in [-0.15, -0.1) is 10.2 Å². The van der Waals surface area contributed by atoms with E-state index in [9.17, 15) is 14.9 Å². The highest BCUT2D eigenvalue weighted by Gasteiger charge is 2.19. The van der Waals surface area contributed by atoms with Crippen LogP contribution in [0.15, 0.2) is 18.2 Å². The van der Waals surface area contributed by atoms with Crippen molar-refractivity contribution in [2.75, 3.05) is 5.32 Å². The van der Waals surface area contributed by atoms with E-state index in [-0.39, 0.29) is 16.3 Å². The summed E-state index contributed by atoms with van der Waals surface area (Å²) in [5.41, 5.74) is -0.151. The number of aromatic nitrogens is 2. The molecule has 1 heterocycles. The average Bonchev–Trinajstić information content (AvgIpc) is 3.20. The third-order valence-electron chi connectivity index (χ3n) is 4.03. The van der Waals surface area contributed by atoms with E-state index < -0.39 is 10.8 Å². The molecule has 9 heteroatoms. The fourth-order valence-corrected chi connectivity index (χ4v) is 3.85. The van der Waals surface area contributed by atoms with Crippen LogP contribution in [0.2, 0.25) is 5.02 Å². The second kappa shape index (κ2) is 7.23. The van der Waals surface area contributed by atoms with E-state index in [1.54, 1.807) is 0 Å². The number of anilines is 1. The van der Waals surface area contributed by atoms with Crippen LogP contribution in [-0.4, -0.2) is 21.0 Å². The molecule has 2 aromatic rings. The summed E-state index contributed by atoms with van der Waals surface area (Å²) in [7, 11) is 0. The first-order chi connectivity index (χ1) is 11.5. The lowest BCUT2D eigenvalue weighted by Crippen LogP contribution is -2.12. The molecule has 1 aromatic carbocycles. The quantitative estimate of drug-likeness (QED) is 0.634. The Morgan fingerprint density at radius 2 is 2.12 bits per heavy atom. The Labute approximate surface area is 147 Å². The number of nitrogens with one attached hydrogen (secondary N) is 1. The van der Waals surface area contributed by atoms with Gasteiger partial charge in [-0.05, 0) is 18.1 Å². The number of amides is 1. The lowest BCUT2D eigenvalue weighted by molar-refractivity contribution is -0.384. The summed E-state index contributed by atoms with van der Waals surface area (Å²) in [6.07, 6.45) is 5.86. The standard InChI is InChI=1S/C15H15ClN4O3S/c16-11-6-5-10(8-12(11)20(22)23)14(21)17-15-19-18-13(24-15)7-9-3-1-2-4-9/h5-6,8-9H,1-4,7H2,(H,17,19,21). The number of nitro groups is 1. The van der Waals surface area contributed by atoms with E-state index in [4.69, 9.17) is 11.6 Å². The Morgan fingerprint density at radius 3 is 2.83 bits per heavy atom. The Balaban J connectivity index is 1.67. The smallest absolute Gasteiger partial charge is 0.288 e. The molecule has 0 atom stereocenters. The van der Waals surface area contributed by atoms with Crippen molar-refractivity contribution in [1.29, 1.82) is 0 Å². The molecule has 0 spiro atoms. The highest BCUT2D eigenvalue weighted by Crippen LogP contribution is 2.30.